The van der Waals surface area contributed by atoms with E-state index in [4.69, 9.17) is 0 Å². The number of hydrogen-bond acceptors (Lipinski definition) is 3. The Labute approximate surface area is 113 Å². The number of hydrogen-bond donors (Lipinski definition) is 0. The zero-order valence-corrected chi connectivity index (χ0v) is 12.5. The van der Waals surface area contributed by atoms with Gasteiger partial charge in [0.05, 0.1) is 0 Å². The van der Waals surface area contributed by atoms with Gasteiger partial charge in [0.15, 0.2) is 0 Å². The maximum absolute atomic E-state index is 3.58. The maximum Gasteiger partial charge on any atom is 0.0414 e. The molecule has 2 heterocycles. The molecule has 0 spiro atoms. The summed E-state index contributed by atoms with van der Waals surface area (Å²) in [5.74, 6) is 0. The summed E-state index contributed by atoms with van der Waals surface area (Å²) in [7, 11) is 2.18. The highest BCUT2D eigenvalue weighted by molar-refractivity contribution is 9.10. The Balaban J connectivity index is 2.03. The van der Waals surface area contributed by atoms with Gasteiger partial charge in [0, 0.05) is 26.8 Å². The number of halogens is 1. The minimum atomic E-state index is 0.481. The van der Waals surface area contributed by atoms with Crippen LogP contribution < -0.4 is 0 Å². The third kappa shape index (κ3) is 2.74. The normalized spacial score (nSPS) is 13.2. The minimum absolute atomic E-state index is 0.481. The van der Waals surface area contributed by atoms with Crippen molar-refractivity contribution in [1.29, 1.82) is 0 Å². The quantitative estimate of drug-likeness (QED) is 0.786. The average Bonchev–Trinajstić information content (AvgIpc) is 2.89. The Morgan fingerprint density at radius 3 is 2.69 bits per heavy atom. The molecule has 2 rings (SSSR count). The molecule has 2 aromatic heterocycles. The van der Waals surface area contributed by atoms with Crippen LogP contribution in [-0.4, -0.2) is 11.9 Å². The van der Waals surface area contributed by atoms with Gasteiger partial charge in [-0.2, -0.15) is 0 Å². The summed E-state index contributed by atoms with van der Waals surface area (Å²) >= 11 is 7.21. The van der Waals surface area contributed by atoms with Gasteiger partial charge in [0.1, 0.15) is 0 Å². The van der Waals surface area contributed by atoms with Gasteiger partial charge in [-0.1, -0.05) is 6.07 Å². The van der Waals surface area contributed by atoms with E-state index >= 15 is 0 Å². The molecule has 0 saturated heterocycles. The SMILES string of the molecule is CC(c1cccs1)N(C)Cc1sccc1Br. The highest BCUT2D eigenvalue weighted by Crippen LogP contribution is 2.28. The predicted molar refractivity (Wildman–Crippen MR) is 76.2 cm³/mol. The number of nitrogens with zero attached hydrogens (tertiary/aromatic N) is 1. The average molecular weight is 316 g/mol. The second-order valence-corrected chi connectivity index (χ2v) is 6.63. The first-order chi connectivity index (χ1) is 7.68. The summed E-state index contributed by atoms with van der Waals surface area (Å²) in [6, 6.07) is 6.92. The fourth-order valence-electron chi connectivity index (χ4n) is 1.55. The lowest BCUT2D eigenvalue weighted by molar-refractivity contribution is 0.258. The van der Waals surface area contributed by atoms with E-state index in [2.05, 4.69) is 63.8 Å². The Morgan fingerprint density at radius 1 is 1.31 bits per heavy atom. The fraction of sp³-hybridized carbons (Fsp3) is 0.333. The molecule has 1 nitrogen and oxygen atoms in total. The number of thiophene rings is 2. The summed E-state index contributed by atoms with van der Waals surface area (Å²) in [5, 5.41) is 4.27. The lowest BCUT2D eigenvalue weighted by Crippen LogP contribution is -2.20. The Kier molecular flexibility index (Phi) is 4.19. The van der Waals surface area contributed by atoms with Crippen molar-refractivity contribution in [1.82, 2.24) is 4.90 Å². The highest BCUT2D eigenvalue weighted by atomic mass is 79.9. The van der Waals surface area contributed by atoms with Crippen molar-refractivity contribution in [3.8, 4) is 0 Å². The van der Waals surface area contributed by atoms with Gasteiger partial charge in [0.25, 0.3) is 0 Å². The molecule has 0 aliphatic heterocycles. The molecule has 0 aliphatic rings. The third-order valence-corrected chi connectivity index (χ3v) is 5.65. The van der Waals surface area contributed by atoms with Crippen LogP contribution in [0.4, 0.5) is 0 Å². The second kappa shape index (κ2) is 5.45. The van der Waals surface area contributed by atoms with Crippen LogP contribution in [-0.2, 0) is 6.54 Å². The lowest BCUT2D eigenvalue weighted by atomic mass is 10.2. The van der Waals surface area contributed by atoms with E-state index in [0.717, 1.165) is 6.54 Å². The molecule has 0 fully saturated rings. The summed E-state index contributed by atoms with van der Waals surface area (Å²) < 4.78 is 1.22. The van der Waals surface area contributed by atoms with Crippen molar-refractivity contribution in [2.24, 2.45) is 0 Å². The van der Waals surface area contributed by atoms with Crippen molar-refractivity contribution in [2.75, 3.05) is 7.05 Å². The van der Waals surface area contributed by atoms with Crippen molar-refractivity contribution < 1.29 is 0 Å². The zero-order chi connectivity index (χ0) is 11.5. The predicted octanol–water partition coefficient (Wildman–Crippen LogP) is 4.77. The van der Waals surface area contributed by atoms with Crippen LogP contribution >= 0.6 is 38.6 Å². The molecule has 1 atom stereocenters. The zero-order valence-electron chi connectivity index (χ0n) is 9.31. The van der Waals surface area contributed by atoms with E-state index in [0.29, 0.717) is 6.04 Å². The third-order valence-electron chi connectivity index (χ3n) is 2.70. The monoisotopic (exact) mass is 315 g/mol. The molecule has 0 N–H and O–H groups in total. The summed E-state index contributed by atoms with van der Waals surface area (Å²) in [4.78, 5) is 5.20. The van der Waals surface area contributed by atoms with Gasteiger partial charge in [-0.25, -0.2) is 0 Å². The van der Waals surface area contributed by atoms with E-state index in [-0.39, 0.29) is 0 Å². The fourth-order valence-corrected chi connectivity index (χ4v) is 3.94. The molecular weight excluding hydrogens is 302 g/mol. The first-order valence-electron chi connectivity index (χ1n) is 5.14. The van der Waals surface area contributed by atoms with Crippen molar-refractivity contribution in [3.05, 3.63) is 43.2 Å². The van der Waals surface area contributed by atoms with Crippen LogP contribution in [0.15, 0.2) is 33.4 Å². The van der Waals surface area contributed by atoms with Gasteiger partial charge < -0.3 is 0 Å². The van der Waals surface area contributed by atoms with Gasteiger partial charge in [-0.3, -0.25) is 4.90 Å². The van der Waals surface area contributed by atoms with Gasteiger partial charge in [0.2, 0.25) is 0 Å². The first-order valence-corrected chi connectivity index (χ1v) is 7.69. The molecule has 0 aromatic carbocycles. The van der Waals surface area contributed by atoms with Crippen LogP contribution in [0.1, 0.15) is 22.7 Å². The van der Waals surface area contributed by atoms with Crippen LogP contribution in [0.2, 0.25) is 0 Å². The van der Waals surface area contributed by atoms with Crippen LogP contribution in [0, 0.1) is 0 Å². The summed E-state index contributed by atoms with van der Waals surface area (Å²) in [6.45, 7) is 3.25. The highest BCUT2D eigenvalue weighted by Gasteiger charge is 2.14. The number of rotatable bonds is 4. The largest absolute Gasteiger partial charge is 0.294 e. The second-order valence-electron chi connectivity index (χ2n) is 3.80. The standard InChI is InChI=1S/C12H14BrNS2/c1-9(11-4-3-6-15-11)14(2)8-12-10(13)5-7-16-12/h3-7,9H,8H2,1-2H3. The molecule has 4 heteroatoms. The van der Waals surface area contributed by atoms with Crippen LogP contribution in [0.25, 0.3) is 0 Å². The lowest BCUT2D eigenvalue weighted by Gasteiger charge is -2.23. The maximum atomic E-state index is 3.58. The Bertz CT molecular complexity index is 436. The van der Waals surface area contributed by atoms with E-state index < -0.39 is 0 Å². The molecule has 0 saturated carbocycles. The molecular formula is C12H14BrNS2. The first kappa shape index (κ1) is 12.3. The van der Waals surface area contributed by atoms with E-state index in [9.17, 15) is 0 Å². The van der Waals surface area contributed by atoms with Gasteiger partial charge in [-0.05, 0) is 52.8 Å². The molecule has 1 unspecified atom stereocenters. The van der Waals surface area contributed by atoms with Crippen molar-refractivity contribution in [3.63, 3.8) is 0 Å². The molecule has 2 aromatic rings. The van der Waals surface area contributed by atoms with Crippen LogP contribution in [0.3, 0.4) is 0 Å². The van der Waals surface area contributed by atoms with Crippen molar-refractivity contribution in [2.45, 2.75) is 19.5 Å². The molecule has 0 radical (unpaired) electrons. The molecule has 16 heavy (non-hydrogen) atoms. The Morgan fingerprint density at radius 2 is 2.12 bits per heavy atom. The van der Waals surface area contributed by atoms with E-state index in [1.54, 1.807) is 0 Å². The van der Waals surface area contributed by atoms with Gasteiger partial charge in [-0.15, -0.1) is 22.7 Å². The molecule has 0 bridgehead atoms. The molecule has 0 aliphatic carbocycles. The molecule has 86 valence electrons. The van der Waals surface area contributed by atoms with Crippen LogP contribution in [0.5, 0.6) is 0 Å². The minimum Gasteiger partial charge on any atom is -0.294 e. The van der Waals surface area contributed by atoms with E-state index in [1.807, 2.05) is 22.7 Å². The molecule has 0 amide bonds. The van der Waals surface area contributed by atoms with Crippen molar-refractivity contribution >= 4 is 38.6 Å². The topological polar surface area (TPSA) is 3.24 Å². The summed E-state index contributed by atoms with van der Waals surface area (Å²) in [6.07, 6.45) is 0. The van der Waals surface area contributed by atoms with E-state index in [1.165, 1.54) is 14.2 Å². The smallest absolute Gasteiger partial charge is 0.0414 e. The summed E-state index contributed by atoms with van der Waals surface area (Å²) in [5.41, 5.74) is 0. The Hall–Kier alpha value is -0.160. The van der Waals surface area contributed by atoms with Gasteiger partial charge >= 0.3 is 0 Å².